The molecule has 2 aromatic carbocycles. The Kier molecular flexibility index (Phi) is 3.80. The fourth-order valence-corrected chi connectivity index (χ4v) is 1.69. The van der Waals surface area contributed by atoms with Gasteiger partial charge in [0.25, 0.3) is 0 Å². The number of carbonyl (C=O) groups excluding carboxylic acids is 1. The fourth-order valence-electron chi connectivity index (χ4n) is 1.69. The topological polar surface area (TPSA) is 49.3 Å². The molecule has 2 aromatic rings. The van der Waals surface area contributed by atoms with Gasteiger partial charge in [-0.15, -0.1) is 0 Å². The number of amides is 1. The predicted octanol–water partition coefficient (Wildman–Crippen LogP) is 3.02. The van der Waals surface area contributed by atoms with Crippen LogP contribution in [0.5, 0.6) is 5.75 Å². The summed E-state index contributed by atoms with van der Waals surface area (Å²) >= 11 is 0. The number of benzene rings is 2. The Labute approximate surface area is 110 Å². The molecule has 0 radical (unpaired) electrons. The number of phenols is 1. The van der Waals surface area contributed by atoms with E-state index in [-0.39, 0.29) is 23.8 Å². The van der Waals surface area contributed by atoms with Crippen LogP contribution in [0.4, 0.5) is 10.1 Å². The molecule has 0 aliphatic rings. The van der Waals surface area contributed by atoms with Gasteiger partial charge in [-0.1, -0.05) is 29.8 Å². The Hall–Kier alpha value is -2.36. The molecular formula is C15H14FNO2. The third-order valence-corrected chi connectivity index (χ3v) is 2.71. The lowest BCUT2D eigenvalue weighted by atomic mass is 10.1. The molecule has 2 N–H and O–H groups in total. The number of anilines is 1. The van der Waals surface area contributed by atoms with Gasteiger partial charge >= 0.3 is 0 Å². The average molecular weight is 259 g/mol. The van der Waals surface area contributed by atoms with Gasteiger partial charge in [-0.2, -0.15) is 0 Å². The minimum Gasteiger partial charge on any atom is -0.508 e. The van der Waals surface area contributed by atoms with E-state index in [1.165, 1.54) is 12.1 Å². The number of nitrogens with one attached hydrogen (secondary N) is 1. The fraction of sp³-hybridized carbons (Fsp3) is 0.133. The van der Waals surface area contributed by atoms with Crippen molar-refractivity contribution in [2.24, 2.45) is 0 Å². The zero-order valence-corrected chi connectivity index (χ0v) is 10.5. The molecule has 0 aliphatic carbocycles. The summed E-state index contributed by atoms with van der Waals surface area (Å²) in [5.74, 6) is -1.13. The highest BCUT2D eigenvalue weighted by atomic mass is 19.1. The SMILES string of the molecule is Cc1ccc(CC(=O)Nc2ccc(O)cc2F)cc1. The van der Waals surface area contributed by atoms with Gasteiger partial charge in [-0.3, -0.25) is 4.79 Å². The maximum absolute atomic E-state index is 13.4. The van der Waals surface area contributed by atoms with Crippen molar-refractivity contribution < 1.29 is 14.3 Å². The second kappa shape index (κ2) is 5.52. The average Bonchev–Trinajstić information content (AvgIpc) is 2.36. The lowest BCUT2D eigenvalue weighted by Gasteiger charge is -2.07. The maximum Gasteiger partial charge on any atom is 0.228 e. The zero-order chi connectivity index (χ0) is 13.8. The van der Waals surface area contributed by atoms with Gasteiger partial charge in [0.2, 0.25) is 5.91 Å². The van der Waals surface area contributed by atoms with Gasteiger partial charge < -0.3 is 10.4 Å². The smallest absolute Gasteiger partial charge is 0.228 e. The highest BCUT2D eigenvalue weighted by molar-refractivity contribution is 5.92. The Balaban J connectivity index is 2.03. The van der Waals surface area contributed by atoms with E-state index in [1.807, 2.05) is 31.2 Å². The number of hydrogen-bond donors (Lipinski definition) is 2. The number of carbonyl (C=O) groups is 1. The number of hydrogen-bond acceptors (Lipinski definition) is 2. The number of rotatable bonds is 3. The lowest BCUT2D eigenvalue weighted by Crippen LogP contribution is -2.15. The lowest BCUT2D eigenvalue weighted by molar-refractivity contribution is -0.115. The van der Waals surface area contributed by atoms with Crippen LogP contribution in [0.15, 0.2) is 42.5 Å². The minimum absolute atomic E-state index is 0.0647. The zero-order valence-electron chi connectivity index (χ0n) is 10.5. The normalized spacial score (nSPS) is 10.2. The second-order valence-electron chi connectivity index (χ2n) is 4.37. The quantitative estimate of drug-likeness (QED) is 0.832. The van der Waals surface area contributed by atoms with E-state index in [9.17, 15) is 9.18 Å². The number of aryl methyl sites for hydroxylation is 1. The molecule has 2 rings (SSSR count). The summed E-state index contributed by atoms with van der Waals surface area (Å²) in [5, 5.41) is 11.6. The molecular weight excluding hydrogens is 245 g/mol. The van der Waals surface area contributed by atoms with Crippen LogP contribution in [-0.2, 0) is 11.2 Å². The third-order valence-electron chi connectivity index (χ3n) is 2.71. The van der Waals surface area contributed by atoms with E-state index in [4.69, 9.17) is 5.11 Å². The van der Waals surface area contributed by atoms with Crippen molar-refractivity contribution in [3.63, 3.8) is 0 Å². The first-order valence-corrected chi connectivity index (χ1v) is 5.88. The summed E-state index contributed by atoms with van der Waals surface area (Å²) in [4.78, 5) is 11.8. The molecule has 0 aromatic heterocycles. The van der Waals surface area contributed by atoms with Crippen LogP contribution in [0.3, 0.4) is 0 Å². The third kappa shape index (κ3) is 3.55. The Bertz CT molecular complexity index is 594. The van der Waals surface area contributed by atoms with Crippen LogP contribution in [0, 0.1) is 12.7 Å². The van der Waals surface area contributed by atoms with Gasteiger partial charge in [0.15, 0.2) is 0 Å². The molecule has 1 amide bonds. The van der Waals surface area contributed by atoms with Gasteiger partial charge in [-0.25, -0.2) is 4.39 Å². The van der Waals surface area contributed by atoms with E-state index in [0.29, 0.717) is 0 Å². The molecule has 0 atom stereocenters. The molecule has 0 saturated carbocycles. The Morgan fingerprint density at radius 2 is 1.89 bits per heavy atom. The monoisotopic (exact) mass is 259 g/mol. The van der Waals surface area contributed by atoms with Crippen LogP contribution in [0.25, 0.3) is 0 Å². The molecule has 0 saturated heterocycles. The maximum atomic E-state index is 13.4. The molecule has 19 heavy (non-hydrogen) atoms. The highest BCUT2D eigenvalue weighted by Gasteiger charge is 2.08. The number of aromatic hydroxyl groups is 1. The second-order valence-corrected chi connectivity index (χ2v) is 4.37. The Morgan fingerprint density at radius 3 is 2.53 bits per heavy atom. The summed E-state index contributed by atoms with van der Waals surface area (Å²) in [6.45, 7) is 1.97. The number of phenolic OH excluding ortho intramolecular Hbond substituents is 1. The summed E-state index contributed by atoms with van der Waals surface area (Å²) in [7, 11) is 0. The molecule has 0 bridgehead atoms. The summed E-state index contributed by atoms with van der Waals surface area (Å²) < 4.78 is 13.4. The van der Waals surface area contributed by atoms with Gasteiger partial charge in [-0.05, 0) is 24.6 Å². The van der Waals surface area contributed by atoms with Crippen LogP contribution in [0.1, 0.15) is 11.1 Å². The van der Waals surface area contributed by atoms with Crippen molar-refractivity contribution in [1.29, 1.82) is 0 Å². The highest BCUT2D eigenvalue weighted by Crippen LogP contribution is 2.19. The number of halogens is 1. The van der Waals surface area contributed by atoms with Gasteiger partial charge in [0.05, 0.1) is 12.1 Å². The van der Waals surface area contributed by atoms with E-state index >= 15 is 0 Å². The van der Waals surface area contributed by atoms with E-state index < -0.39 is 5.82 Å². The first-order valence-electron chi connectivity index (χ1n) is 5.88. The van der Waals surface area contributed by atoms with Gasteiger partial charge in [0.1, 0.15) is 11.6 Å². The van der Waals surface area contributed by atoms with E-state index in [2.05, 4.69) is 5.32 Å². The first kappa shape index (κ1) is 13.1. The van der Waals surface area contributed by atoms with E-state index in [1.54, 1.807) is 0 Å². The molecule has 98 valence electrons. The largest absolute Gasteiger partial charge is 0.508 e. The van der Waals surface area contributed by atoms with Crippen molar-refractivity contribution >= 4 is 11.6 Å². The minimum atomic E-state index is -0.655. The van der Waals surface area contributed by atoms with Crippen molar-refractivity contribution in [3.05, 3.63) is 59.4 Å². The van der Waals surface area contributed by atoms with Crippen molar-refractivity contribution in [1.82, 2.24) is 0 Å². The summed E-state index contributed by atoms with van der Waals surface area (Å²) in [6, 6.07) is 11.2. The van der Waals surface area contributed by atoms with Crippen molar-refractivity contribution in [2.45, 2.75) is 13.3 Å². The first-order chi connectivity index (χ1) is 9.04. The van der Waals surface area contributed by atoms with Crippen LogP contribution in [0.2, 0.25) is 0 Å². The molecule has 0 aliphatic heterocycles. The van der Waals surface area contributed by atoms with Crippen molar-refractivity contribution in [3.8, 4) is 5.75 Å². The van der Waals surface area contributed by atoms with Crippen LogP contribution >= 0.6 is 0 Å². The molecule has 3 nitrogen and oxygen atoms in total. The molecule has 0 heterocycles. The summed E-state index contributed by atoms with van der Waals surface area (Å²) in [6.07, 6.45) is 0.181. The molecule has 0 spiro atoms. The molecule has 0 unspecified atom stereocenters. The molecule has 0 fully saturated rings. The predicted molar refractivity (Wildman–Crippen MR) is 71.6 cm³/mol. The van der Waals surface area contributed by atoms with Crippen LogP contribution in [-0.4, -0.2) is 11.0 Å². The molecule has 4 heteroatoms. The van der Waals surface area contributed by atoms with Crippen LogP contribution < -0.4 is 5.32 Å². The standard InChI is InChI=1S/C15H14FNO2/c1-10-2-4-11(5-3-10)8-15(19)17-14-7-6-12(18)9-13(14)16/h2-7,9,18H,8H2,1H3,(H,17,19). The van der Waals surface area contributed by atoms with Gasteiger partial charge in [0, 0.05) is 6.07 Å². The van der Waals surface area contributed by atoms with E-state index in [0.717, 1.165) is 17.2 Å². The Morgan fingerprint density at radius 1 is 1.21 bits per heavy atom. The van der Waals surface area contributed by atoms with Crippen molar-refractivity contribution in [2.75, 3.05) is 5.32 Å². The summed E-state index contributed by atoms with van der Waals surface area (Å²) in [5.41, 5.74) is 2.05.